The van der Waals surface area contributed by atoms with Crippen molar-refractivity contribution in [3.05, 3.63) is 52.1 Å². The molecule has 0 spiro atoms. The third-order valence-electron chi connectivity index (χ3n) is 4.78. The SMILES string of the molecule is CN1CC[C@@](O)(C#Cc2ccnc(N(C)c3ccc(Br)cc3CC(N)=O)c2)C1=O. The lowest BCUT2D eigenvalue weighted by Crippen LogP contribution is -2.37. The van der Waals surface area contributed by atoms with E-state index < -0.39 is 11.5 Å². The van der Waals surface area contributed by atoms with E-state index >= 15 is 0 Å². The molecule has 8 heteroatoms. The first-order chi connectivity index (χ1) is 13.7. The quantitative estimate of drug-likeness (QED) is 0.680. The van der Waals surface area contributed by atoms with E-state index in [-0.39, 0.29) is 18.7 Å². The summed E-state index contributed by atoms with van der Waals surface area (Å²) in [7, 11) is 3.47. The Morgan fingerprint density at radius 3 is 2.83 bits per heavy atom. The Morgan fingerprint density at radius 2 is 2.17 bits per heavy atom. The van der Waals surface area contributed by atoms with Crippen molar-refractivity contribution in [2.24, 2.45) is 5.73 Å². The molecule has 1 saturated heterocycles. The van der Waals surface area contributed by atoms with Crippen molar-refractivity contribution in [2.75, 3.05) is 25.5 Å². The minimum absolute atomic E-state index is 0.0985. The van der Waals surface area contributed by atoms with Gasteiger partial charge in [0.05, 0.1) is 6.42 Å². The molecule has 0 radical (unpaired) electrons. The second-order valence-corrected chi connectivity index (χ2v) is 7.88. The number of aliphatic hydroxyl groups is 1. The summed E-state index contributed by atoms with van der Waals surface area (Å²) in [5, 5.41) is 10.5. The number of pyridine rings is 1. The molecule has 1 aromatic heterocycles. The fourth-order valence-corrected chi connectivity index (χ4v) is 3.57. The third kappa shape index (κ3) is 4.58. The number of anilines is 2. The zero-order chi connectivity index (χ0) is 21.2. The molecule has 150 valence electrons. The van der Waals surface area contributed by atoms with Crippen molar-refractivity contribution in [1.29, 1.82) is 0 Å². The molecule has 1 atom stereocenters. The lowest BCUT2D eigenvalue weighted by atomic mass is 10.0. The molecule has 0 aliphatic carbocycles. The van der Waals surface area contributed by atoms with Gasteiger partial charge in [0.15, 0.2) is 0 Å². The predicted molar refractivity (Wildman–Crippen MR) is 113 cm³/mol. The van der Waals surface area contributed by atoms with E-state index in [1.807, 2.05) is 30.1 Å². The molecular weight excluding hydrogens is 436 g/mol. The molecule has 3 rings (SSSR count). The van der Waals surface area contributed by atoms with E-state index in [4.69, 9.17) is 5.73 Å². The lowest BCUT2D eigenvalue weighted by molar-refractivity contribution is -0.137. The van der Waals surface area contributed by atoms with Gasteiger partial charge >= 0.3 is 0 Å². The maximum absolute atomic E-state index is 12.1. The number of halogens is 1. The summed E-state index contributed by atoms with van der Waals surface area (Å²) < 4.78 is 0.845. The van der Waals surface area contributed by atoms with Crippen LogP contribution in [-0.2, 0) is 16.0 Å². The average Bonchev–Trinajstić information content (AvgIpc) is 2.94. The number of benzene rings is 1. The highest BCUT2D eigenvalue weighted by atomic mass is 79.9. The monoisotopic (exact) mass is 456 g/mol. The van der Waals surface area contributed by atoms with E-state index in [1.165, 1.54) is 4.90 Å². The number of hydrogen-bond donors (Lipinski definition) is 2. The number of likely N-dealkylation sites (N-methyl/N-ethyl adjacent to an activating group) is 1. The van der Waals surface area contributed by atoms with E-state index in [0.717, 1.165) is 15.7 Å². The van der Waals surface area contributed by atoms with Gasteiger partial charge in [-0.1, -0.05) is 27.8 Å². The molecule has 2 aromatic rings. The minimum Gasteiger partial charge on any atom is -0.369 e. The number of carbonyl (C=O) groups is 2. The van der Waals surface area contributed by atoms with Gasteiger partial charge in [0.2, 0.25) is 11.5 Å². The number of likely N-dealkylation sites (tertiary alicyclic amines) is 1. The summed E-state index contributed by atoms with van der Waals surface area (Å²) >= 11 is 3.41. The largest absolute Gasteiger partial charge is 0.369 e. The first-order valence-corrected chi connectivity index (χ1v) is 9.76. The number of carbonyl (C=O) groups excluding carboxylic acids is 2. The Bertz CT molecular complexity index is 1030. The normalized spacial score (nSPS) is 18.3. The maximum atomic E-state index is 12.1. The van der Waals surface area contributed by atoms with Crippen LogP contribution in [0.25, 0.3) is 0 Å². The molecule has 29 heavy (non-hydrogen) atoms. The fourth-order valence-electron chi connectivity index (χ4n) is 3.16. The molecule has 0 bridgehead atoms. The van der Waals surface area contributed by atoms with Crippen molar-refractivity contribution in [1.82, 2.24) is 9.88 Å². The van der Waals surface area contributed by atoms with Crippen LogP contribution in [0.1, 0.15) is 17.5 Å². The van der Waals surface area contributed by atoms with Crippen LogP contribution in [-0.4, -0.2) is 53.0 Å². The van der Waals surface area contributed by atoms with Gasteiger partial charge in [-0.2, -0.15) is 0 Å². The third-order valence-corrected chi connectivity index (χ3v) is 5.27. The Morgan fingerprint density at radius 1 is 1.41 bits per heavy atom. The highest BCUT2D eigenvalue weighted by Gasteiger charge is 2.42. The van der Waals surface area contributed by atoms with Gasteiger partial charge in [0.25, 0.3) is 5.91 Å². The second kappa shape index (κ2) is 8.23. The van der Waals surface area contributed by atoms with Crippen molar-refractivity contribution < 1.29 is 14.7 Å². The molecule has 1 aliphatic heterocycles. The summed E-state index contributed by atoms with van der Waals surface area (Å²) in [6.07, 6.45) is 1.99. The standard InChI is InChI=1S/C21H21BrN4O3/c1-25-10-8-21(29,20(25)28)7-5-14-6-9-24-19(11-14)26(2)17-4-3-16(22)12-15(17)13-18(23)27/h3-4,6,9,11-12,29H,8,10,13H2,1-2H3,(H2,23,27)/t21-/m0/s1. The Balaban J connectivity index is 1.90. The van der Waals surface area contributed by atoms with Crippen molar-refractivity contribution in [3.63, 3.8) is 0 Å². The second-order valence-electron chi connectivity index (χ2n) is 6.96. The average molecular weight is 457 g/mol. The highest BCUT2D eigenvalue weighted by molar-refractivity contribution is 9.10. The van der Waals surface area contributed by atoms with Crippen LogP contribution in [0.3, 0.4) is 0 Å². The van der Waals surface area contributed by atoms with Crippen LogP contribution in [0.4, 0.5) is 11.5 Å². The number of rotatable bonds is 4. The van der Waals surface area contributed by atoms with Gasteiger partial charge in [-0.15, -0.1) is 0 Å². The van der Waals surface area contributed by atoms with E-state index in [2.05, 4.69) is 32.8 Å². The van der Waals surface area contributed by atoms with Gasteiger partial charge in [-0.3, -0.25) is 9.59 Å². The summed E-state index contributed by atoms with van der Waals surface area (Å²) in [5.74, 6) is 5.38. The van der Waals surface area contributed by atoms with Gasteiger partial charge in [0.1, 0.15) is 5.82 Å². The van der Waals surface area contributed by atoms with Crippen LogP contribution in [0.5, 0.6) is 0 Å². The van der Waals surface area contributed by atoms with Gasteiger partial charge in [-0.05, 0) is 35.9 Å². The van der Waals surface area contributed by atoms with Gasteiger partial charge in [0, 0.05) is 49.0 Å². The number of nitrogens with zero attached hydrogens (tertiary/aromatic N) is 3. The molecule has 7 nitrogen and oxygen atoms in total. The van der Waals surface area contributed by atoms with Crippen molar-refractivity contribution in [2.45, 2.75) is 18.4 Å². The number of amides is 2. The molecular formula is C21H21BrN4O3. The Kier molecular flexibility index (Phi) is 5.91. The molecule has 1 fully saturated rings. The number of aromatic nitrogens is 1. The zero-order valence-electron chi connectivity index (χ0n) is 16.1. The summed E-state index contributed by atoms with van der Waals surface area (Å²) in [6, 6.07) is 9.06. The summed E-state index contributed by atoms with van der Waals surface area (Å²) in [5.41, 5.74) is 5.90. The zero-order valence-corrected chi connectivity index (χ0v) is 17.7. The van der Waals surface area contributed by atoms with Crippen LogP contribution >= 0.6 is 15.9 Å². The Hall–Kier alpha value is -2.89. The fraction of sp³-hybridized carbons (Fsp3) is 0.286. The Labute approximate surface area is 177 Å². The van der Waals surface area contributed by atoms with Crippen molar-refractivity contribution in [3.8, 4) is 11.8 Å². The molecule has 3 N–H and O–H groups in total. The molecule has 1 aliphatic rings. The smallest absolute Gasteiger partial charge is 0.267 e. The predicted octanol–water partition coefficient (Wildman–Crippen LogP) is 1.58. The van der Waals surface area contributed by atoms with Gasteiger partial charge < -0.3 is 20.6 Å². The molecule has 2 heterocycles. The lowest BCUT2D eigenvalue weighted by Gasteiger charge is -2.22. The van der Waals surface area contributed by atoms with E-state index in [9.17, 15) is 14.7 Å². The van der Waals surface area contributed by atoms with Gasteiger partial charge in [-0.25, -0.2) is 4.98 Å². The number of nitrogens with two attached hydrogens (primary N) is 1. The summed E-state index contributed by atoms with van der Waals surface area (Å²) in [4.78, 5) is 31.2. The molecule has 1 aromatic carbocycles. The van der Waals surface area contributed by atoms with E-state index in [0.29, 0.717) is 17.9 Å². The van der Waals surface area contributed by atoms with Crippen LogP contribution in [0.15, 0.2) is 41.0 Å². The van der Waals surface area contributed by atoms with Crippen LogP contribution < -0.4 is 10.6 Å². The summed E-state index contributed by atoms with van der Waals surface area (Å²) in [6.45, 7) is 0.473. The molecule has 0 unspecified atom stereocenters. The number of hydrogen-bond acceptors (Lipinski definition) is 5. The number of primary amides is 1. The van der Waals surface area contributed by atoms with Crippen LogP contribution in [0.2, 0.25) is 0 Å². The highest BCUT2D eigenvalue weighted by Crippen LogP contribution is 2.29. The molecule has 0 saturated carbocycles. The van der Waals surface area contributed by atoms with Crippen LogP contribution in [0, 0.1) is 11.8 Å². The molecule has 2 amide bonds. The van der Waals surface area contributed by atoms with E-state index in [1.54, 1.807) is 25.4 Å². The van der Waals surface area contributed by atoms with Crippen molar-refractivity contribution >= 4 is 39.2 Å². The first-order valence-electron chi connectivity index (χ1n) is 8.97. The first kappa shape index (κ1) is 20.8. The minimum atomic E-state index is -1.65. The topological polar surface area (TPSA) is 99.8 Å². The maximum Gasteiger partial charge on any atom is 0.267 e.